The first-order valence-corrected chi connectivity index (χ1v) is 7.54. The van der Waals surface area contributed by atoms with E-state index in [9.17, 15) is 0 Å². The lowest BCUT2D eigenvalue weighted by atomic mass is 9.60. The summed E-state index contributed by atoms with van der Waals surface area (Å²) >= 11 is 0. The standard InChI is InChI=1S/C16H31N/c1-15(2,3)14-10-13(11-14)12-16(4,5)17-8-6-7-9-17/h13-14H,6-12H2,1-5H3. The monoisotopic (exact) mass is 237 g/mol. The molecule has 1 saturated carbocycles. The van der Waals surface area contributed by atoms with Crippen molar-refractivity contribution in [2.75, 3.05) is 13.1 Å². The van der Waals surface area contributed by atoms with E-state index in [4.69, 9.17) is 0 Å². The fraction of sp³-hybridized carbons (Fsp3) is 1.00. The SMILES string of the molecule is CC(C)(C)C1CC(CC(C)(C)N2CCCC2)C1. The number of rotatable bonds is 3. The van der Waals surface area contributed by atoms with Crippen molar-refractivity contribution in [3.63, 3.8) is 0 Å². The van der Waals surface area contributed by atoms with Crippen LogP contribution in [0.5, 0.6) is 0 Å². The average molecular weight is 237 g/mol. The van der Waals surface area contributed by atoms with Crippen LogP contribution in [0.25, 0.3) is 0 Å². The van der Waals surface area contributed by atoms with Crippen molar-refractivity contribution < 1.29 is 0 Å². The molecular weight excluding hydrogens is 206 g/mol. The lowest BCUT2D eigenvalue weighted by molar-refractivity contribution is 0.0284. The van der Waals surface area contributed by atoms with Crippen LogP contribution in [0.3, 0.4) is 0 Å². The third-order valence-corrected chi connectivity index (χ3v) is 5.21. The van der Waals surface area contributed by atoms with Crippen molar-refractivity contribution >= 4 is 0 Å². The molecule has 0 amide bonds. The molecule has 1 aliphatic carbocycles. The molecule has 17 heavy (non-hydrogen) atoms. The van der Waals surface area contributed by atoms with Crippen LogP contribution in [0.4, 0.5) is 0 Å². The second kappa shape index (κ2) is 4.57. The van der Waals surface area contributed by atoms with Gasteiger partial charge in [0.15, 0.2) is 0 Å². The van der Waals surface area contributed by atoms with E-state index in [1.54, 1.807) is 0 Å². The zero-order chi connectivity index (χ0) is 12.7. The first-order valence-electron chi connectivity index (χ1n) is 7.54. The maximum Gasteiger partial charge on any atom is 0.0155 e. The molecule has 0 unspecified atom stereocenters. The molecule has 0 radical (unpaired) electrons. The Morgan fingerprint density at radius 3 is 1.94 bits per heavy atom. The van der Waals surface area contributed by atoms with Gasteiger partial charge in [0.05, 0.1) is 0 Å². The van der Waals surface area contributed by atoms with E-state index in [2.05, 4.69) is 39.5 Å². The first kappa shape index (κ1) is 13.4. The highest BCUT2D eigenvalue weighted by atomic mass is 15.2. The number of likely N-dealkylation sites (tertiary alicyclic amines) is 1. The first-order chi connectivity index (χ1) is 7.79. The topological polar surface area (TPSA) is 3.24 Å². The summed E-state index contributed by atoms with van der Waals surface area (Å²) in [5.74, 6) is 1.97. The van der Waals surface area contributed by atoms with Crippen LogP contribution in [0.2, 0.25) is 0 Å². The lowest BCUT2D eigenvalue weighted by Gasteiger charge is -2.48. The summed E-state index contributed by atoms with van der Waals surface area (Å²) in [6, 6.07) is 0. The Bertz CT molecular complexity index is 249. The normalized spacial score (nSPS) is 31.6. The molecule has 0 bridgehead atoms. The lowest BCUT2D eigenvalue weighted by Crippen LogP contribution is -2.46. The highest BCUT2D eigenvalue weighted by molar-refractivity contribution is 4.93. The fourth-order valence-electron chi connectivity index (χ4n) is 3.77. The van der Waals surface area contributed by atoms with Gasteiger partial charge in [0.25, 0.3) is 0 Å². The van der Waals surface area contributed by atoms with Crippen molar-refractivity contribution in [2.45, 2.75) is 72.3 Å². The van der Waals surface area contributed by atoms with Crippen LogP contribution in [0.15, 0.2) is 0 Å². The van der Waals surface area contributed by atoms with E-state index in [0.29, 0.717) is 11.0 Å². The van der Waals surface area contributed by atoms with Gasteiger partial charge in [0, 0.05) is 5.54 Å². The minimum Gasteiger partial charge on any atom is -0.298 e. The van der Waals surface area contributed by atoms with Crippen molar-refractivity contribution in [3.05, 3.63) is 0 Å². The predicted octanol–water partition coefficient (Wildman–Crippen LogP) is 4.32. The van der Waals surface area contributed by atoms with E-state index in [0.717, 1.165) is 11.8 Å². The van der Waals surface area contributed by atoms with E-state index in [1.165, 1.54) is 45.2 Å². The molecule has 2 fully saturated rings. The van der Waals surface area contributed by atoms with Gasteiger partial charge < -0.3 is 0 Å². The van der Waals surface area contributed by atoms with Crippen LogP contribution < -0.4 is 0 Å². The molecular formula is C16H31N. The van der Waals surface area contributed by atoms with E-state index < -0.39 is 0 Å². The molecule has 0 spiro atoms. The quantitative estimate of drug-likeness (QED) is 0.706. The van der Waals surface area contributed by atoms with Gasteiger partial charge in [-0.1, -0.05) is 20.8 Å². The van der Waals surface area contributed by atoms with Crippen molar-refractivity contribution in [2.24, 2.45) is 17.3 Å². The zero-order valence-electron chi connectivity index (χ0n) is 12.6. The minimum absolute atomic E-state index is 0.448. The van der Waals surface area contributed by atoms with Gasteiger partial charge in [-0.25, -0.2) is 0 Å². The van der Waals surface area contributed by atoms with Crippen LogP contribution in [-0.4, -0.2) is 23.5 Å². The fourth-order valence-corrected chi connectivity index (χ4v) is 3.77. The molecule has 0 atom stereocenters. The number of hydrogen-bond acceptors (Lipinski definition) is 1. The van der Waals surface area contributed by atoms with Gasteiger partial charge in [0.1, 0.15) is 0 Å². The minimum atomic E-state index is 0.448. The summed E-state index contributed by atoms with van der Waals surface area (Å²) in [4.78, 5) is 2.72. The Kier molecular flexibility index (Phi) is 3.60. The third kappa shape index (κ3) is 3.05. The maximum absolute atomic E-state index is 2.72. The largest absolute Gasteiger partial charge is 0.298 e. The van der Waals surface area contributed by atoms with Gasteiger partial charge >= 0.3 is 0 Å². The predicted molar refractivity (Wildman–Crippen MR) is 75.2 cm³/mol. The third-order valence-electron chi connectivity index (χ3n) is 5.21. The van der Waals surface area contributed by atoms with Crippen LogP contribution in [0.1, 0.15) is 66.7 Å². The molecule has 0 aromatic rings. The molecule has 1 aliphatic heterocycles. The van der Waals surface area contributed by atoms with E-state index >= 15 is 0 Å². The Morgan fingerprint density at radius 2 is 1.47 bits per heavy atom. The van der Waals surface area contributed by atoms with Crippen molar-refractivity contribution in [3.8, 4) is 0 Å². The molecule has 1 heterocycles. The van der Waals surface area contributed by atoms with Crippen molar-refractivity contribution in [1.29, 1.82) is 0 Å². The van der Waals surface area contributed by atoms with Crippen LogP contribution in [-0.2, 0) is 0 Å². The summed E-state index contributed by atoms with van der Waals surface area (Å²) in [5, 5.41) is 0. The van der Waals surface area contributed by atoms with Gasteiger partial charge in [-0.3, -0.25) is 4.90 Å². The molecule has 0 aromatic carbocycles. The van der Waals surface area contributed by atoms with Gasteiger partial charge in [-0.15, -0.1) is 0 Å². The van der Waals surface area contributed by atoms with Gasteiger partial charge in [0.2, 0.25) is 0 Å². The smallest absolute Gasteiger partial charge is 0.0155 e. The van der Waals surface area contributed by atoms with Crippen LogP contribution >= 0.6 is 0 Å². The second-order valence-electron chi connectivity index (χ2n) is 8.11. The summed E-state index contributed by atoms with van der Waals surface area (Å²) in [7, 11) is 0. The van der Waals surface area contributed by atoms with Gasteiger partial charge in [-0.05, 0) is 76.3 Å². The molecule has 1 heteroatoms. The summed E-state index contributed by atoms with van der Waals surface area (Å²) in [6.45, 7) is 14.8. The molecule has 2 aliphatic rings. The van der Waals surface area contributed by atoms with E-state index in [1.807, 2.05) is 0 Å². The number of hydrogen-bond donors (Lipinski definition) is 0. The molecule has 0 N–H and O–H groups in total. The highest BCUT2D eigenvalue weighted by Gasteiger charge is 2.41. The average Bonchev–Trinajstić information content (AvgIpc) is 2.61. The molecule has 100 valence electrons. The zero-order valence-corrected chi connectivity index (χ0v) is 12.6. The molecule has 1 saturated heterocycles. The Morgan fingerprint density at radius 1 is 0.941 bits per heavy atom. The second-order valence-corrected chi connectivity index (χ2v) is 8.11. The highest BCUT2D eigenvalue weighted by Crippen LogP contribution is 2.48. The summed E-state index contributed by atoms with van der Waals surface area (Å²) < 4.78 is 0. The van der Waals surface area contributed by atoms with Crippen molar-refractivity contribution in [1.82, 2.24) is 4.90 Å². The molecule has 0 aromatic heterocycles. The Balaban J connectivity index is 1.79. The summed E-state index contributed by atoms with van der Waals surface area (Å²) in [6.07, 6.45) is 7.19. The summed E-state index contributed by atoms with van der Waals surface area (Å²) in [5.41, 5.74) is 0.984. The number of nitrogens with zero attached hydrogens (tertiary/aromatic N) is 1. The van der Waals surface area contributed by atoms with Crippen LogP contribution in [0, 0.1) is 17.3 Å². The molecule has 1 nitrogen and oxygen atoms in total. The molecule has 2 rings (SSSR count). The maximum atomic E-state index is 2.72. The Hall–Kier alpha value is -0.0400. The van der Waals surface area contributed by atoms with E-state index in [-0.39, 0.29) is 0 Å². The van der Waals surface area contributed by atoms with Gasteiger partial charge in [-0.2, -0.15) is 0 Å². The Labute approximate surface area is 108 Å².